The van der Waals surface area contributed by atoms with Crippen molar-refractivity contribution in [3.05, 3.63) is 28.8 Å². The molecule has 118 valence electrons. The first-order valence-electron chi connectivity index (χ1n) is 7.49. The maximum atomic E-state index is 6.40. The second kappa shape index (κ2) is 7.99. The van der Waals surface area contributed by atoms with Crippen molar-refractivity contribution in [1.82, 2.24) is 5.32 Å². The van der Waals surface area contributed by atoms with Gasteiger partial charge in [-0.3, -0.25) is 0 Å². The normalized spacial score (nSPS) is 22.0. The van der Waals surface area contributed by atoms with Crippen molar-refractivity contribution >= 4 is 17.3 Å². The average molecular weight is 313 g/mol. The number of ether oxygens (including phenoxy) is 2. The van der Waals surface area contributed by atoms with Crippen LogP contribution in [0.5, 0.6) is 0 Å². The van der Waals surface area contributed by atoms with Gasteiger partial charge in [0.05, 0.1) is 0 Å². The fraction of sp³-hybridized carbons (Fsp3) is 0.625. The predicted molar refractivity (Wildman–Crippen MR) is 87.3 cm³/mol. The zero-order chi connectivity index (χ0) is 15.2. The standard InChI is InChI=1S/C16H25ClN2O2/c1-4-7-18-9-12-5-6-13(8-14(12)17)19-10-15(20-2)16(11-19)21-3/h5-6,8,15-16,18H,4,7,9-11H2,1-3H3. The number of benzene rings is 1. The molecule has 1 aromatic rings. The molecule has 2 rings (SSSR count). The highest BCUT2D eigenvalue weighted by Crippen LogP contribution is 2.28. The molecule has 1 fully saturated rings. The summed E-state index contributed by atoms with van der Waals surface area (Å²) in [6.45, 7) is 5.64. The summed E-state index contributed by atoms with van der Waals surface area (Å²) < 4.78 is 11.0. The second-order valence-corrected chi connectivity index (χ2v) is 5.81. The van der Waals surface area contributed by atoms with E-state index in [4.69, 9.17) is 21.1 Å². The lowest BCUT2D eigenvalue weighted by Gasteiger charge is -2.19. The van der Waals surface area contributed by atoms with E-state index in [1.165, 1.54) is 0 Å². The van der Waals surface area contributed by atoms with Gasteiger partial charge in [-0.1, -0.05) is 24.6 Å². The Labute approximate surface area is 132 Å². The van der Waals surface area contributed by atoms with Crippen molar-refractivity contribution in [1.29, 1.82) is 0 Å². The molecular formula is C16H25ClN2O2. The summed E-state index contributed by atoms with van der Waals surface area (Å²) in [5.74, 6) is 0. The van der Waals surface area contributed by atoms with Gasteiger partial charge in [0, 0.05) is 44.6 Å². The van der Waals surface area contributed by atoms with Gasteiger partial charge in [0.15, 0.2) is 0 Å². The van der Waals surface area contributed by atoms with Gasteiger partial charge in [-0.25, -0.2) is 0 Å². The highest BCUT2D eigenvalue weighted by molar-refractivity contribution is 6.31. The van der Waals surface area contributed by atoms with Crippen molar-refractivity contribution in [2.45, 2.75) is 32.1 Å². The average Bonchev–Trinajstić information content (AvgIpc) is 2.92. The minimum atomic E-state index is 0.111. The summed E-state index contributed by atoms with van der Waals surface area (Å²) in [6.07, 6.45) is 1.35. The van der Waals surface area contributed by atoms with Crippen molar-refractivity contribution < 1.29 is 9.47 Å². The van der Waals surface area contributed by atoms with Gasteiger partial charge in [0.2, 0.25) is 0 Å². The summed E-state index contributed by atoms with van der Waals surface area (Å²) in [5.41, 5.74) is 2.26. The Kier molecular flexibility index (Phi) is 6.30. The van der Waals surface area contributed by atoms with Crippen molar-refractivity contribution in [2.24, 2.45) is 0 Å². The van der Waals surface area contributed by atoms with E-state index in [-0.39, 0.29) is 12.2 Å². The van der Waals surface area contributed by atoms with Crippen LogP contribution >= 0.6 is 11.6 Å². The molecule has 1 aliphatic rings. The molecule has 21 heavy (non-hydrogen) atoms. The molecule has 0 aromatic heterocycles. The van der Waals surface area contributed by atoms with E-state index in [0.717, 1.165) is 48.9 Å². The molecule has 0 aliphatic carbocycles. The van der Waals surface area contributed by atoms with Crippen LogP contribution in [0.2, 0.25) is 5.02 Å². The molecule has 2 atom stereocenters. The van der Waals surface area contributed by atoms with Gasteiger partial charge >= 0.3 is 0 Å². The molecule has 4 nitrogen and oxygen atoms in total. The minimum absolute atomic E-state index is 0.111. The smallest absolute Gasteiger partial charge is 0.102 e. The SMILES string of the molecule is CCCNCc1ccc(N2CC(OC)C(OC)C2)cc1Cl. The molecule has 1 aliphatic heterocycles. The quantitative estimate of drug-likeness (QED) is 0.785. The lowest BCUT2D eigenvalue weighted by molar-refractivity contribution is -0.00461. The van der Waals surface area contributed by atoms with Gasteiger partial charge in [-0.15, -0.1) is 0 Å². The summed E-state index contributed by atoms with van der Waals surface area (Å²) >= 11 is 6.40. The van der Waals surface area contributed by atoms with Crippen LogP contribution in [0.1, 0.15) is 18.9 Å². The van der Waals surface area contributed by atoms with E-state index in [9.17, 15) is 0 Å². The van der Waals surface area contributed by atoms with Gasteiger partial charge in [-0.05, 0) is 30.7 Å². The Morgan fingerprint density at radius 1 is 1.24 bits per heavy atom. The Bertz CT molecular complexity index is 444. The highest BCUT2D eigenvalue weighted by atomic mass is 35.5. The van der Waals surface area contributed by atoms with E-state index >= 15 is 0 Å². The molecule has 0 radical (unpaired) electrons. The summed E-state index contributed by atoms with van der Waals surface area (Å²) in [6, 6.07) is 6.26. The molecule has 2 unspecified atom stereocenters. The third-order valence-electron chi connectivity index (χ3n) is 3.96. The molecule has 1 aromatic carbocycles. The fourth-order valence-corrected chi connectivity index (χ4v) is 2.93. The number of rotatable bonds is 7. The van der Waals surface area contributed by atoms with Crippen molar-refractivity contribution in [3.8, 4) is 0 Å². The van der Waals surface area contributed by atoms with Gasteiger partial charge < -0.3 is 19.7 Å². The van der Waals surface area contributed by atoms with E-state index in [1.807, 2.05) is 6.07 Å². The largest absolute Gasteiger partial charge is 0.377 e. The number of hydrogen-bond donors (Lipinski definition) is 1. The second-order valence-electron chi connectivity index (χ2n) is 5.41. The first-order valence-corrected chi connectivity index (χ1v) is 7.87. The predicted octanol–water partition coefficient (Wildman–Crippen LogP) is 2.69. The summed E-state index contributed by atoms with van der Waals surface area (Å²) in [5, 5.41) is 4.19. The van der Waals surface area contributed by atoms with Gasteiger partial charge in [0.25, 0.3) is 0 Å². The molecule has 1 saturated heterocycles. The molecule has 0 amide bonds. The van der Waals surface area contributed by atoms with Crippen molar-refractivity contribution in [3.63, 3.8) is 0 Å². The maximum absolute atomic E-state index is 6.40. The third kappa shape index (κ3) is 4.10. The number of anilines is 1. The minimum Gasteiger partial charge on any atom is -0.377 e. The van der Waals surface area contributed by atoms with Crippen LogP contribution < -0.4 is 10.2 Å². The highest BCUT2D eigenvalue weighted by Gasteiger charge is 2.33. The maximum Gasteiger partial charge on any atom is 0.102 e. The van der Waals surface area contributed by atoms with Gasteiger partial charge in [0.1, 0.15) is 12.2 Å². The molecule has 1 heterocycles. The number of nitrogens with one attached hydrogen (secondary N) is 1. The van der Waals surface area contributed by atoms with E-state index in [0.29, 0.717) is 0 Å². The first kappa shape index (κ1) is 16.6. The summed E-state index contributed by atoms with van der Waals surface area (Å²) in [4.78, 5) is 2.26. The van der Waals surface area contributed by atoms with Crippen LogP contribution in [0, 0.1) is 0 Å². The zero-order valence-corrected chi connectivity index (χ0v) is 13.8. The molecule has 5 heteroatoms. The fourth-order valence-electron chi connectivity index (χ4n) is 2.68. The Morgan fingerprint density at radius 2 is 1.90 bits per heavy atom. The van der Waals surface area contributed by atoms with Crippen LogP contribution in [0.15, 0.2) is 18.2 Å². The molecule has 1 N–H and O–H groups in total. The number of nitrogens with zero attached hydrogens (tertiary/aromatic N) is 1. The Morgan fingerprint density at radius 3 is 2.43 bits per heavy atom. The van der Waals surface area contributed by atoms with Crippen LogP contribution in [0.25, 0.3) is 0 Å². The lowest BCUT2D eigenvalue weighted by Crippen LogP contribution is -2.27. The Balaban J connectivity index is 2.03. The lowest BCUT2D eigenvalue weighted by atomic mass is 10.2. The Hall–Kier alpha value is -0.810. The monoisotopic (exact) mass is 312 g/mol. The first-order chi connectivity index (χ1) is 10.2. The van der Waals surface area contributed by atoms with Crippen LogP contribution in [-0.4, -0.2) is 46.1 Å². The zero-order valence-electron chi connectivity index (χ0n) is 13.1. The van der Waals surface area contributed by atoms with Crippen LogP contribution in [-0.2, 0) is 16.0 Å². The van der Waals surface area contributed by atoms with E-state index in [2.05, 4.69) is 29.3 Å². The van der Waals surface area contributed by atoms with E-state index in [1.54, 1.807) is 14.2 Å². The van der Waals surface area contributed by atoms with Crippen LogP contribution in [0.3, 0.4) is 0 Å². The van der Waals surface area contributed by atoms with E-state index < -0.39 is 0 Å². The third-order valence-corrected chi connectivity index (χ3v) is 4.32. The number of hydrogen-bond acceptors (Lipinski definition) is 4. The molecular weight excluding hydrogens is 288 g/mol. The number of halogens is 1. The topological polar surface area (TPSA) is 33.7 Å². The molecule has 0 spiro atoms. The molecule has 0 bridgehead atoms. The molecule has 0 saturated carbocycles. The summed E-state index contributed by atoms with van der Waals surface area (Å²) in [7, 11) is 3.46. The van der Waals surface area contributed by atoms with Crippen molar-refractivity contribution in [2.75, 3.05) is 38.8 Å². The number of methoxy groups -OCH3 is 2. The van der Waals surface area contributed by atoms with Gasteiger partial charge in [-0.2, -0.15) is 0 Å². The van der Waals surface area contributed by atoms with Crippen LogP contribution in [0.4, 0.5) is 5.69 Å².